The molecule has 16 N–H and O–H groups in total. The maximum absolute atomic E-state index is 9.40. The van der Waals surface area contributed by atoms with Crippen molar-refractivity contribution in [2.75, 3.05) is 91.1 Å². The average molecular weight is 1570 g/mol. The lowest BCUT2D eigenvalue weighted by Gasteiger charge is -2.20. The van der Waals surface area contributed by atoms with Crippen molar-refractivity contribution >= 4 is 112 Å². The molecule has 35 heteroatoms. The van der Waals surface area contributed by atoms with E-state index < -0.39 is 0 Å². The summed E-state index contributed by atoms with van der Waals surface area (Å²) in [5.41, 5.74) is 27.4. The molecule has 9 aromatic rings. The molecule has 0 saturated heterocycles. The van der Waals surface area contributed by atoms with Gasteiger partial charge in [-0.25, -0.2) is 19.9 Å². The van der Waals surface area contributed by atoms with Crippen molar-refractivity contribution in [3.8, 4) is 40.2 Å². The number of nitrogens with zero attached hydrogens (tertiary/aromatic N) is 12. The number of anilines is 8. The van der Waals surface area contributed by atoms with Gasteiger partial charge >= 0.3 is 0 Å². The predicted octanol–water partition coefficient (Wildman–Crippen LogP) is 10.1. The molecule has 31 nitrogen and oxygen atoms in total. The van der Waals surface area contributed by atoms with Crippen LogP contribution in [0.1, 0.15) is 140 Å². The topological polar surface area (TPSA) is 444 Å². The van der Waals surface area contributed by atoms with E-state index >= 15 is 0 Å². The lowest BCUT2D eigenvalue weighted by Crippen LogP contribution is -2.24. The molecule has 0 unspecified atom stereocenters. The van der Waals surface area contributed by atoms with Gasteiger partial charge in [0.25, 0.3) is 0 Å². The van der Waals surface area contributed by atoms with Crippen molar-refractivity contribution in [1.82, 2.24) is 59.6 Å². The summed E-state index contributed by atoms with van der Waals surface area (Å²) in [6.45, 7) is 10.4. The number of fused-ring (bicyclic) bond motifs is 2. The van der Waals surface area contributed by atoms with Gasteiger partial charge in [-0.1, -0.05) is 96.6 Å². The lowest BCUT2D eigenvalue weighted by atomic mass is 10.1. The van der Waals surface area contributed by atoms with E-state index in [-0.39, 0.29) is 142 Å². The van der Waals surface area contributed by atoms with Gasteiger partial charge in [-0.2, -0.15) is 79.0 Å². The van der Waals surface area contributed by atoms with Crippen LogP contribution in [0, 0.1) is 0 Å². The van der Waals surface area contributed by atoms with Crippen LogP contribution in [0.15, 0.2) is 110 Å². The maximum Gasteiger partial charge on any atom is 0.231 e. The van der Waals surface area contributed by atoms with Crippen LogP contribution < -0.4 is 77.4 Å². The molecule has 0 aliphatic carbocycles. The number of nitrogen functional groups attached to an aromatic ring is 4. The second-order valence-electron chi connectivity index (χ2n) is 24.3. The first-order chi connectivity index (χ1) is 50.7. The Morgan fingerprint density at radius 2 is 0.944 bits per heavy atom. The molecule has 108 heavy (non-hydrogen) atoms. The normalized spacial score (nSPS) is 11.9. The third-order valence-corrected chi connectivity index (χ3v) is 16.2. The molecule has 4 atom stereocenters. The van der Waals surface area contributed by atoms with Gasteiger partial charge in [-0.3, -0.25) is 14.6 Å². The number of hydrogen-bond donors (Lipinski definition) is 12. The molecule has 0 fully saturated rings. The quantitative estimate of drug-likeness (QED) is 0.0159. The SMILES string of the molecule is CCCC[C@@H](CCO)Nc1nc(N)ncc1OCc1ncccc1OC.CCCC[C@@H](CCO)Nc1nc(N)ncc1OCc1nn(C)c2ccccc12.CCC[C@@H](CCO)Nc1nc(N)ncc1OCCCc1ccc2c(c1)OCO2.CCC[C@@H](CO)Nc1nc(N)ncc1OCc1ccccn1.S.S.S.S. The maximum atomic E-state index is 9.40. The van der Waals surface area contributed by atoms with Crippen molar-refractivity contribution in [1.29, 1.82) is 0 Å². The first-order valence-electron chi connectivity index (χ1n) is 35.4. The molecule has 2 aromatic carbocycles. The third kappa shape index (κ3) is 31.2. The number of nitrogens with two attached hydrogens (primary N) is 4. The number of aryl methyl sites for hydroxylation is 2. The summed E-state index contributed by atoms with van der Waals surface area (Å²) in [5, 5.41) is 56.1. The number of hydrogen-bond acceptors (Lipinski definition) is 30. The highest BCUT2D eigenvalue weighted by atomic mass is 32.1. The van der Waals surface area contributed by atoms with Crippen LogP contribution in [-0.4, -0.2) is 151 Å². The Kier molecular flexibility index (Phi) is 44.7. The number of aromatic nitrogens is 12. The van der Waals surface area contributed by atoms with E-state index in [1.807, 2.05) is 78.5 Å². The number of pyridine rings is 2. The number of aliphatic hydroxyl groups excluding tert-OH is 4. The van der Waals surface area contributed by atoms with Gasteiger partial charge in [-0.05, 0) is 106 Å². The molecule has 0 bridgehead atoms. The Morgan fingerprint density at radius 3 is 1.44 bits per heavy atom. The van der Waals surface area contributed by atoms with Crippen LogP contribution in [0.4, 0.5) is 47.1 Å². The third-order valence-electron chi connectivity index (χ3n) is 16.2. The van der Waals surface area contributed by atoms with Crippen molar-refractivity contribution < 1.29 is 53.6 Å². The van der Waals surface area contributed by atoms with Crippen LogP contribution in [-0.2, 0) is 33.3 Å². The van der Waals surface area contributed by atoms with Crippen LogP contribution in [0.25, 0.3) is 10.9 Å². The molecule has 7 aromatic heterocycles. The summed E-state index contributed by atoms with van der Waals surface area (Å²) in [6, 6.07) is 23.4. The molecule has 1 aliphatic heterocycles. The Balaban J connectivity index is 0.000000370. The summed E-state index contributed by atoms with van der Waals surface area (Å²) in [7, 11) is 3.51. The number of unbranched alkanes of at least 4 members (excludes halogenated alkanes) is 2. The van der Waals surface area contributed by atoms with E-state index in [4.69, 9.17) is 56.1 Å². The summed E-state index contributed by atoms with van der Waals surface area (Å²) in [6.07, 6.45) is 23.0. The molecule has 8 heterocycles. The van der Waals surface area contributed by atoms with Crippen LogP contribution >= 0.6 is 54.0 Å². The second kappa shape index (κ2) is 51.9. The zero-order valence-corrected chi connectivity index (χ0v) is 66.5. The van der Waals surface area contributed by atoms with E-state index in [9.17, 15) is 20.4 Å². The van der Waals surface area contributed by atoms with Crippen molar-refractivity contribution in [3.05, 3.63) is 133 Å². The van der Waals surface area contributed by atoms with Crippen LogP contribution in [0.3, 0.4) is 0 Å². The Morgan fingerprint density at radius 1 is 0.472 bits per heavy atom. The average Bonchev–Trinajstić information content (AvgIpc) is 1.66. The zero-order chi connectivity index (χ0) is 74.3. The second-order valence-corrected chi connectivity index (χ2v) is 24.3. The molecule has 1 aliphatic rings. The van der Waals surface area contributed by atoms with Crippen LogP contribution in [0.5, 0.6) is 40.2 Å². The largest absolute Gasteiger partial charge is 0.495 e. The van der Waals surface area contributed by atoms with E-state index in [0.29, 0.717) is 96.8 Å². The lowest BCUT2D eigenvalue weighted by molar-refractivity contribution is 0.174. The summed E-state index contributed by atoms with van der Waals surface area (Å²) in [4.78, 5) is 41.5. The number of para-hydroxylation sites is 1. The number of ether oxygens (including phenoxy) is 7. The van der Waals surface area contributed by atoms with Gasteiger partial charge in [0.2, 0.25) is 30.6 Å². The highest BCUT2D eigenvalue weighted by Gasteiger charge is 2.21. The minimum atomic E-state index is -0.100. The summed E-state index contributed by atoms with van der Waals surface area (Å²) >= 11 is 0. The van der Waals surface area contributed by atoms with E-state index in [2.05, 4.69) is 104 Å². The van der Waals surface area contributed by atoms with Crippen molar-refractivity contribution in [2.24, 2.45) is 7.05 Å². The fourth-order valence-electron chi connectivity index (χ4n) is 10.9. The van der Waals surface area contributed by atoms with Gasteiger partial charge in [0.1, 0.15) is 37.0 Å². The molecule has 0 amide bonds. The monoisotopic (exact) mass is 1570 g/mol. The Bertz CT molecular complexity index is 3960. The zero-order valence-electron chi connectivity index (χ0n) is 62.5. The molecular formula is C73H112N20O11S4. The molecule has 0 spiro atoms. The summed E-state index contributed by atoms with van der Waals surface area (Å²) in [5.74, 6) is 7.08. The molecule has 10 rings (SSSR count). The van der Waals surface area contributed by atoms with Crippen LogP contribution in [0.2, 0.25) is 0 Å². The highest BCUT2D eigenvalue weighted by Crippen LogP contribution is 2.34. The fraction of sp³-hybridized carbons (Fsp3) is 0.466. The number of nitrogens with one attached hydrogen (secondary N) is 4. The predicted molar refractivity (Wildman–Crippen MR) is 443 cm³/mol. The van der Waals surface area contributed by atoms with Gasteiger partial charge in [0, 0.05) is 62.8 Å². The Hall–Kier alpha value is -9.23. The minimum absolute atomic E-state index is 0. The van der Waals surface area contributed by atoms with E-state index in [1.165, 1.54) is 18.0 Å². The summed E-state index contributed by atoms with van der Waals surface area (Å²) < 4.78 is 41.3. The number of aliphatic hydroxyl groups is 4. The van der Waals surface area contributed by atoms with Crippen molar-refractivity contribution in [3.63, 3.8) is 0 Å². The Labute approximate surface area is 660 Å². The molecular weight excluding hydrogens is 1460 g/mol. The van der Waals surface area contributed by atoms with Gasteiger partial charge in [0.05, 0.1) is 62.4 Å². The first-order valence-corrected chi connectivity index (χ1v) is 35.4. The minimum Gasteiger partial charge on any atom is -0.495 e. The van der Waals surface area contributed by atoms with Crippen molar-refractivity contribution in [2.45, 2.75) is 168 Å². The smallest absolute Gasteiger partial charge is 0.231 e. The standard InChI is InChI=1S/C20H28N6O2.C20H28N4O4.C18H27N5O3.C15H21N5O2.4H2S/c1-3-4-7-14(10-11-27)23-19-18(12-22-20(21)24-19)28-13-16-15-8-5-6-9-17(15)26(2)25-16;1-2-4-15(8-9-25)23-19-18(12-22-20(21)24-19)26-10-3-5-14-6-7-16-17(11-14)28-13-27-16;1-3-4-6-13(8-10-24)22-17-16(11-21-18(19)23-17)26-12-14-15(25-2)7-5-9-20-14;1-2-5-11(9-21)19-14-13(8-18-15(16)20-14)22-10-12-6-3-4-7-17-12;;;;/h5-6,8-9,12,14,27H,3-4,7,10-11,13H2,1-2H3,(H3,21,22,23,24);6-7,11-12,15,25H,2-5,8-10,13H2,1H3,(H3,21,22,23,24);5,7,9,11,13,24H,3-4,6,8,10,12H2,1-2H3,(H3,19,21,22,23);3-4,6-8,11,21H,2,5,9-10H2,1H3,(H3,16,18,19,20);4*1H2/t14-;15-;13-;11-;;;;/m0000..../s1. The van der Waals surface area contributed by atoms with E-state index in [1.54, 1.807) is 38.0 Å². The number of methoxy groups -OCH3 is 1. The van der Waals surface area contributed by atoms with E-state index in [0.717, 1.165) is 111 Å². The molecule has 594 valence electrons. The first kappa shape index (κ1) is 93.0. The van der Waals surface area contributed by atoms with Gasteiger partial charge in [0.15, 0.2) is 57.8 Å². The molecule has 0 saturated carbocycles. The number of benzene rings is 2. The highest BCUT2D eigenvalue weighted by molar-refractivity contribution is 7.59. The molecule has 0 radical (unpaired) electrons. The van der Waals surface area contributed by atoms with Gasteiger partial charge in [-0.15, -0.1) is 0 Å². The number of rotatable bonds is 40. The fourth-order valence-corrected chi connectivity index (χ4v) is 10.9. The van der Waals surface area contributed by atoms with Gasteiger partial charge < -0.3 is 97.8 Å².